The lowest BCUT2D eigenvalue weighted by molar-refractivity contribution is -0.134. The molecule has 0 bridgehead atoms. The van der Waals surface area contributed by atoms with Gasteiger partial charge in [-0.3, -0.25) is 19.4 Å². The molecule has 4 amide bonds. The Hall–Kier alpha value is -3.30. The molecule has 0 radical (unpaired) electrons. The molecule has 2 aromatic rings. The van der Waals surface area contributed by atoms with Crippen molar-refractivity contribution in [2.45, 2.75) is 25.4 Å². The third-order valence-electron chi connectivity index (χ3n) is 6.09. The molecule has 8 nitrogen and oxygen atoms in total. The topological polar surface area (TPSA) is 91.0 Å². The van der Waals surface area contributed by atoms with Gasteiger partial charge in [-0.25, -0.2) is 9.18 Å². The van der Waals surface area contributed by atoms with Crippen molar-refractivity contribution < 1.29 is 23.5 Å². The van der Waals surface area contributed by atoms with Gasteiger partial charge in [0, 0.05) is 25.3 Å². The quantitative estimate of drug-likeness (QED) is 0.628. The van der Waals surface area contributed by atoms with E-state index in [4.69, 9.17) is 4.74 Å². The molecule has 0 aliphatic carbocycles. The van der Waals surface area contributed by atoms with Gasteiger partial charge in [0.1, 0.15) is 17.9 Å². The van der Waals surface area contributed by atoms with Gasteiger partial charge in [0.15, 0.2) is 0 Å². The fraction of sp³-hybridized carbons (Fsp3) is 0.375. The average molecular weight is 455 g/mol. The van der Waals surface area contributed by atoms with Crippen LogP contribution in [0.5, 0.6) is 0 Å². The minimum atomic E-state index is -1.31. The minimum Gasteiger partial charge on any atom is -0.379 e. The van der Waals surface area contributed by atoms with Crippen LogP contribution in [-0.4, -0.2) is 60.5 Å². The summed E-state index contributed by atoms with van der Waals surface area (Å²) in [6.45, 7) is 5.40. The highest BCUT2D eigenvalue weighted by Crippen LogP contribution is 2.32. The maximum Gasteiger partial charge on any atom is 0.325 e. The lowest BCUT2D eigenvalue weighted by Gasteiger charge is -2.26. The fourth-order valence-electron chi connectivity index (χ4n) is 4.20. The Morgan fingerprint density at radius 3 is 2.39 bits per heavy atom. The molecule has 2 heterocycles. The zero-order valence-electron chi connectivity index (χ0n) is 18.5. The number of carbonyl (C=O) groups excluding carboxylic acids is 3. The predicted molar refractivity (Wildman–Crippen MR) is 120 cm³/mol. The Balaban J connectivity index is 1.38. The van der Waals surface area contributed by atoms with Gasteiger partial charge < -0.3 is 15.4 Å². The van der Waals surface area contributed by atoms with Gasteiger partial charge in [-0.1, -0.05) is 31.2 Å². The van der Waals surface area contributed by atoms with Gasteiger partial charge in [0.25, 0.3) is 5.91 Å². The van der Waals surface area contributed by atoms with Crippen LogP contribution in [0.1, 0.15) is 24.5 Å². The number of nitrogens with zero attached hydrogens (tertiary/aromatic N) is 2. The molecule has 1 unspecified atom stereocenters. The number of amides is 4. The maximum absolute atomic E-state index is 13.3. The molecule has 2 N–H and O–H groups in total. The number of carbonyl (C=O) groups is 3. The molecule has 0 saturated carbocycles. The van der Waals surface area contributed by atoms with Gasteiger partial charge in [0.05, 0.1) is 13.2 Å². The predicted octanol–water partition coefficient (Wildman–Crippen LogP) is 2.45. The number of halogens is 1. The zero-order chi connectivity index (χ0) is 23.4. The first-order valence-electron chi connectivity index (χ1n) is 11.0. The van der Waals surface area contributed by atoms with Crippen molar-refractivity contribution in [2.75, 3.05) is 38.2 Å². The highest BCUT2D eigenvalue weighted by atomic mass is 19.1. The summed E-state index contributed by atoms with van der Waals surface area (Å²) in [6.07, 6.45) is 0.270. The third kappa shape index (κ3) is 4.89. The molecule has 0 spiro atoms. The Labute approximate surface area is 191 Å². The van der Waals surface area contributed by atoms with Crippen LogP contribution in [0.15, 0.2) is 48.5 Å². The number of rotatable bonds is 7. The van der Waals surface area contributed by atoms with E-state index in [-0.39, 0.29) is 6.42 Å². The van der Waals surface area contributed by atoms with Crippen LogP contribution in [0.4, 0.5) is 14.9 Å². The van der Waals surface area contributed by atoms with Crippen molar-refractivity contribution in [3.63, 3.8) is 0 Å². The van der Waals surface area contributed by atoms with Crippen LogP contribution in [0.2, 0.25) is 0 Å². The summed E-state index contributed by atoms with van der Waals surface area (Å²) in [5.74, 6) is -1.45. The van der Waals surface area contributed by atoms with E-state index in [0.29, 0.717) is 11.3 Å². The second-order valence-corrected chi connectivity index (χ2v) is 8.22. The van der Waals surface area contributed by atoms with E-state index in [2.05, 4.69) is 15.5 Å². The van der Waals surface area contributed by atoms with Crippen molar-refractivity contribution in [1.29, 1.82) is 0 Å². The smallest absolute Gasteiger partial charge is 0.325 e. The fourth-order valence-corrected chi connectivity index (χ4v) is 4.20. The van der Waals surface area contributed by atoms with E-state index >= 15 is 0 Å². The number of urea groups is 1. The Bertz CT molecular complexity index is 1020. The highest BCUT2D eigenvalue weighted by molar-refractivity contribution is 6.10. The van der Waals surface area contributed by atoms with Crippen LogP contribution in [0.3, 0.4) is 0 Å². The van der Waals surface area contributed by atoms with Crippen LogP contribution in [-0.2, 0) is 26.4 Å². The van der Waals surface area contributed by atoms with Crippen LogP contribution in [0, 0.1) is 5.82 Å². The normalized spacial score (nSPS) is 21.2. The number of benzene rings is 2. The van der Waals surface area contributed by atoms with Crippen LogP contribution < -0.4 is 10.6 Å². The summed E-state index contributed by atoms with van der Waals surface area (Å²) >= 11 is 0. The van der Waals surface area contributed by atoms with Gasteiger partial charge >= 0.3 is 6.03 Å². The largest absolute Gasteiger partial charge is 0.379 e. The van der Waals surface area contributed by atoms with Gasteiger partial charge in [0.2, 0.25) is 5.91 Å². The Morgan fingerprint density at radius 1 is 1.09 bits per heavy atom. The number of hydrogen-bond acceptors (Lipinski definition) is 5. The molecule has 0 aromatic heterocycles. The molecule has 1 atom stereocenters. The van der Waals surface area contributed by atoms with Crippen molar-refractivity contribution in [1.82, 2.24) is 15.1 Å². The first-order chi connectivity index (χ1) is 15.9. The zero-order valence-corrected chi connectivity index (χ0v) is 18.5. The van der Waals surface area contributed by atoms with E-state index < -0.39 is 35.7 Å². The Morgan fingerprint density at radius 2 is 1.76 bits per heavy atom. The van der Waals surface area contributed by atoms with Crippen molar-refractivity contribution in [2.24, 2.45) is 0 Å². The van der Waals surface area contributed by atoms with Gasteiger partial charge in [-0.15, -0.1) is 0 Å². The molecule has 174 valence electrons. The van der Waals surface area contributed by atoms with E-state index in [1.807, 2.05) is 12.1 Å². The first kappa shape index (κ1) is 22.9. The van der Waals surface area contributed by atoms with Gasteiger partial charge in [-0.05, 0) is 41.8 Å². The number of imide groups is 1. The highest BCUT2D eigenvalue weighted by Gasteiger charge is 2.51. The Kier molecular flexibility index (Phi) is 6.71. The lowest BCUT2D eigenvalue weighted by Crippen LogP contribution is -2.44. The molecule has 2 aliphatic heterocycles. The van der Waals surface area contributed by atoms with Crippen LogP contribution in [0.25, 0.3) is 0 Å². The number of anilines is 1. The summed E-state index contributed by atoms with van der Waals surface area (Å²) in [6, 6.07) is 12.3. The lowest BCUT2D eigenvalue weighted by atomic mass is 9.87. The van der Waals surface area contributed by atoms with Crippen LogP contribution >= 0.6 is 0 Å². The maximum atomic E-state index is 13.3. The van der Waals surface area contributed by atoms with Crippen molar-refractivity contribution in [3.8, 4) is 0 Å². The molecule has 9 heteroatoms. The number of hydrogen-bond donors (Lipinski definition) is 2. The van der Waals surface area contributed by atoms with E-state index in [1.54, 1.807) is 19.1 Å². The summed E-state index contributed by atoms with van der Waals surface area (Å²) in [4.78, 5) is 41.5. The summed E-state index contributed by atoms with van der Waals surface area (Å²) in [5, 5.41) is 5.43. The molecular weight excluding hydrogens is 427 g/mol. The standard InChI is InChI=1S/C24H27FN4O4/c1-2-24(18-5-7-19(25)8-6-18)22(31)29(23(32)27-24)16-21(30)26-20-9-3-17(4-10-20)15-28-11-13-33-14-12-28/h3-10H,2,11-16H2,1H3,(H,26,30)(H,27,32). The molecular formula is C24H27FN4O4. The van der Waals surface area contributed by atoms with Crippen molar-refractivity contribution >= 4 is 23.5 Å². The second-order valence-electron chi connectivity index (χ2n) is 8.22. The summed E-state index contributed by atoms with van der Waals surface area (Å²) in [7, 11) is 0. The monoisotopic (exact) mass is 454 g/mol. The molecule has 4 rings (SSSR count). The molecule has 2 aromatic carbocycles. The average Bonchev–Trinajstić information content (AvgIpc) is 3.06. The molecule has 2 aliphatic rings. The van der Waals surface area contributed by atoms with E-state index in [9.17, 15) is 18.8 Å². The number of ether oxygens (including phenoxy) is 1. The summed E-state index contributed by atoms with van der Waals surface area (Å²) in [5.41, 5.74) is 0.865. The molecule has 2 saturated heterocycles. The molecule has 2 fully saturated rings. The molecule has 33 heavy (non-hydrogen) atoms. The number of morpholine rings is 1. The minimum absolute atomic E-state index is 0.270. The third-order valence-corrected chi connectivity index (χ3v) is 6.09. The van der Waals surface area contributed by atoms with E-state index in [1.165, 1.54) is 24.3 Å². The van der Waals surface area contributed by atoms with E-state index in [0.717, 1.165) is 43.3 Å². The second kappa shape index (κ2) is 9.68. The summed E-state index contributed by atoms with van der Waals surface area (Å²) < 4.78 is 18.7. The number of nitrogens with one attached hydrogen (secondary N) is 2. The first-order valence-corrected chi connectivity index (χ1v) is 11.0. The SMILES string of the molecule is CCC1(c2ccc(F)cc2)NC(=O)N(CC(=O)Nc2ccc(CN3CCOCC3)cc2)C1=O. The van der Waals surface area contributed by atoms with Gasteiger partial charge in [-0.2, -0.15) is 0 Å². The van der Waals surface area contributed by atoms with Crippen molar-refractivity contribution in [3.05, 3.63) is 65.5 Å².